The van der Waals surface area contributed by atoms with Gasteiger partial charge in [0.15, 0.2) is 0 Å². The molecule has 0 radical (unpaired) electrons. The molecule has 0 saturated carbocycles. The second-order valence-corrected chi connectivity index (χ2v) is 6.05. The summed E-state index contributed by atoms with van der Waals surface area (Å²) < 4.78 is 0. The van der Waals surface area contributed by atoms with Crippen molar-refractivity contribution in [3.05, 3.63) is 16.1 Å². The molecule has 5 heteroatoms. The topological polar surface area (TPSA) is 42.2 Å². The fourth-order valence-corrected chi connectivity index (χ4v) is 3.24. The number of nitrogen functional groups attached to an aromatic ring is 1. The second-order valence-electron chi connectivity index (χ2n) is 5.23. The molecule has 0 amide bonds. The molecule has 2 rings (SSSR count). The first-order valence-corrected chi connectivity index (χ1v) is 7.74. The number of rotatable bonds is 3. The van der Waals surface area contributed by atoms with Gasteiger partial charge in [-0.2, -0.15) is 0 Å². The Morgan fingerprint density at radius 2 is 2.11 bits per heavy atom. The van der Waals surface area contributed by atoms with Crippen LogP contribution in [0.25, 0.3) is 0 Å². The minimum atomic E-state index is 0.357. The Balaban J connectivity index is 2.12. The van der Waals surface area contributed by atoms with Crippen molar-refractivity contribution < 1.29 is 0 Å². The third-order valence-corrected chi connectivity index (χ3v) is 4.36. The molecule has 0 aromatic carbocycles. The minimum Gasteiger partial charge on any atom is -0.382 e. The lowest BCUT2D eigenvalue weighted by atomic mass is 9.96. The smallest absolute Gasteiger partial charge is 0.149 e. The number of anilines is 2. The first kappa shape index (κ1) is 14.7. The molecular formula is C14H21Cl2N3. The summed E-state index contributed by atoms with van der Waals surface area (Å²) in [5.74, 6) is 1.97. The van der Waals surface area contributed by atoms with Gasteiger partial charge in [-0.25, -0.2) is 4.98 Å². The first-order valence-electron chi connectivity index (χ1n) is 6.98. The fourth-order valence-electron chi connectivity index (χ4n) is 2.77. The van der Waals surface area contributed by atoms with Crippen LogP contribution in [0.4, 0.5) is 11.6 Å². The lowest BCUT2D eigenvalue weighted by Crippen LogP contribution is -2.25. The molecule has 0 aliphatic carbocycles. The zero-order chi connectivity index (χ0) is 13.8. The molecule has 106 valence electrons. The lowest BCUT2D eigenvalue weighted by molar-refractivity contribution is 0.435. The summed E-state index contributed by atoms with van der Waals surface area (Å²) in [6.45, 7) is 4.24. The molecule has 19 heavy (non-hydrogen) atoms. The van der Waals surface area contributed by atoms with Crippen LogP contribution in [-0.4, -0.2) is 18.1 Å². The van der Waals surface area contributed by atoms with Crippen LogP contribution in [0.2, 0.25) is 10.0 Å². The largest absolute Gasteiger partial charge is 0.382 e. The van der Waals surface area contributed by atoms with Crippen LogP contribution < -0.4 is 10.6 Å². The van der Waals surface area contributed by atoms with Crippen molar-refractivity contribution in [1.82, 2.24) is 4.98 Å². The van der Waals surface area contributed by atoms with Gasteiger partial charge in [-0.1, -0.05) is 43.0 Å². The van der Waals surface area contributed by atoms with E-state index in [0.29, 0.717) is 15.9 Å². The van der Waals surface area contributed by atoms with E-state index < -0.39 is 0 Å². The molecule has 1 aromatic heterocycles. The predicted molar refractivity (Wildman–Crippen MR) is 83.1 cm³/mol. The van der Waals surface area contributed by atoms with E-state index >= 15 is 0 Å². The third kappa shape index (κ3) is 3.67. The predicted octanol–water partition coefficient (Wildman–Crippen LogP) is 4.38. The molecule has 1 fully saturated rings. The Hall–Kier alpha value is -0.670. The van der Waals surface area contributed by atoms with Gasteiger partial charge in [0.1, 0.15) is 11.6 Å². The average Bonchev–Trinajstić information content (AvgIpc) is 2.60. The summed E-state index contributed by atoms with van der Waals surface area (Å²) >= 11 is 12.2. The highest BCUT2D eigenvalue weighted by Crippen LogP contribution is 2.32. The number of nitrogens with zero attached hydrogens (tertiary/aromatic N) is 2. The van der Waals surface area contributed by atoms with Crippen LogP contribution in [0.3, 0.4) is 0 Å². The molecule has 1 saturated heterocycles. The Labute approximate surface area is 125 Å². The molecule has 1 aromatic rings. The van der Waals surface area contributed by atoms with E-state index in [0.717, 1.165) is 24.8 Å². The monoisotopic (exact) mass is 301 g/mol. The number of hydrogen-bond acceptors (Lipinski definition) is 3. The summed E-state index contributed by atoms with van der Waals surface area (Å²) in [5.41, 5.74) is 5.78. The molecule has 0 bridgehead atoms. The molecule has 1 unspecified atom stereocenters. The highest BCUT2D eigenvalue weighted by atomic mass is 35.5. The highest BCUT2D eigenvalue weighted by Gasteiger charge is 2.20. The Bertz CT molecular complexity index is 437. The molecule has 3 nitrogen and oxygen atoms in total. The maximum atomic E-state index is 6.24. The van der Waals surface area contributed by atoms with Gasteiger partial charge in [0, 0.05) is 13.1 Å². The Morgan fingerprint density at radius 3 is 2.84 bits per heavy atom. The van der Waals surface area contributed by atoms with E-state index in [1.54, 1.807) is 6.07 Å². The lowest BCUT2D eigenvalue weighted by Gasteiger charge is -2.23. The van der Waals surface area contributed by atoms with Crippen LogP contribution >= 0.6 is 23.2 Å². The number of halogens is 2. The number of pyridine rings is 1. The summed E-state index contributed by atoms with van der Waals surface area (Å²) in [6, 6.07) is 1.69. The van der Waals surface area contributed by atoms with Gasteiger partial charge in [0.25, 0.3) is 0 Å². The van der Waals surface area contributed by atoms with E-state index in [2.05, 4.69) is 16.8 Å². The molecule has 1 aliphatic heterocycles. The van der Waals surface area contributed by atoms with Gasteiger partial charge in [-0.05, 0) is 31.2 Å². The van der Waals surface area contributed by atoms with Crippen LogP contribution in [0.1, 0.15) is 39.0 Å². The van der Waals surface area contributed by atoms with Crippen molar-refractivity contribution in [2.75, 3.05) is 23.7 Å². The van der Waals surface area contributed by atoms with Crippen molar-refractivity contribution in [2.24, 2.45) is 5.92 Å². The van der Waals surface area contributed by atoms with Gasteiger partial charge in [0.2, 0.25) is 0 Å². The summed E-state index contributed by atoms with van der Waals surface area (Å²) in [4.78, 5) is 6.59. The van der Waals surface area contributed by atoms with Crippen molar-refractivity contribution in [3.8, 4) is 0 Å². The number of aromatic nitrogens is 1. The molecule has 2 N–H and O–H groups in total. The third-order valence-electron chi connectivity index (χ3n) is 3.78. The molecule has 0 spiro atoms. The normalized spacial score (nSPS) is 20.4. The minimum absolute atomic E-state index is 0.357. The van der Waals surface area contributed by atoms with E-state index in [1.807, 2.05) is 0 Å². The van der Waals surface area contributed by atoms with Gasteiger partial charge < -0.3 is 10.6 Å². The zero-order valence-electron chi connectivity index (χ0n) is 11.3. The van der Waals surface area contributed by atoms with Crippen molar-refractivity contribution in [3.63, 3.8) is 0 Å². The van der Waals surface area contributed by atoms with Gasteiger partial charge in [-0.15, -0.1) is 0 Å². The Kier molecular flexibility index (Phi) is 5.17. The van der Waals surface area contributed by atoms with E-state index in [4.69, 9.17) is 28.9 Å². The molecule has 1 atom stereocenters. The van der Waals surface area contributed by atoms with Crippen molar-refractivity contribution in [2.45, 2.75) is 39.0 Å². The van der Waals surface area contributed by atoms with Gasteiger partial charge in [0.05, 0.1) is 10.0 Å². The Morgan fingerprint density at radius 1 is 1.32 bits per heavy atom. The SMILES string of the molecule is CCCC1CCCN(c2nc(N)c(Cl)cc2Cl)CC1. The van der Waals surface area contributed by atoms with Crippen LogP contribution in [0.5, 0.6) is 0 Å². The standard InChI is InChI=1S/C14H21Cl2N3/c1-2-4-10-5-3-7-19(8-6-10)14-12(16)9-11(15)13(17)18-14/h9-10H,2-8H2,1H3,(H2,17,18). The zero-order valence-corrected chi connectivity index (χ0v) is 12.8. The quantitative estimate of drug-likeness (QED) is 0.901. The van der Waals surface area contributed by atoms with Crippen molar-refractivity contribution >= 4 is 34.8 Å². The van der Waals surface area contributed by atoms with Crippen LogP contribution in [-0.2, 0) is 0 Å². The average molecular weight is 302 g/mol. The van der Waals surface area contributed by atoms with E-state index in [1.165, 1.54) is 32.1 Å². The molecular weight excluding hydrogens is 281 g/mol. The van der Waals surface area contributed by atoms with Gasteiger partial charge >= 0.3 is 0 Å². The number of hydrogen-bond donors (Lipinski definition) is 1. The van der Waals surface area contributed by atoms with Gasteiger partial charge in [-0.3, -0.25) is 0 Å². The van der Waals surface area contributed by atoms with Crippen LogP contribution in [0.15, 0.2) is 6.07 Å². The number of nitrogens with two attached hydrogens (primary N) is 1. The molecule has 2 heterocycles. The summed E-state index contributed by atoms with van der Waals surface area (Å²) in [6.07, 6.45) is 6.26. The second kappa shape index (κ2) is 6.67. The highest BCUT2D eigenvalue weighted by molar-refractivity contribution is 6.37. The molecule has 1 aliphatic rings. The van der Waals surface area contributed by atoms with Crippen molar-refractivity contribution in [1.29, 1.82) is 0 Å². The van der Waals surface area contributed by atoms with Crippen LogP contribution in [0, 0.1) is 5.92 Å². The summed E-state index contributed by atoms with van der Waals surface area (Å²) in [7, 11) is 0. The fraction of sp³-hybridized carbons (Fsp3) is 0.643. The van der Waals surface area contributed by atoms with E-state index in [9.17, 15) is 0 Å². The van der Waals surface area contributed by atoms with E-state index in [-0.39, 0.29) is 0 Å². The maximum absolute atomic E-state index is 6.24. The summed E-state index contributed by atoms with van der Waals surface area (Å²) in [5, 5.41) is 1.01. The maximum Gasteiger partial charge on any atom is 0.149 e. The first-order chi connectivity index (χ1) is 9.11.